The monoisotopic (exact) mass is 301 g/mol. The molecule has 0 aliphatic carbocycles. The van der Waals surface area contributed by atoms with Gasteiger partial charge in [-0.1, -0.05) is 13.8 Å². The summed E-state index contributed by atoms with van der Waals surface area (Å²) in [6, 6.07) is 0. The van der Waals surface area contributed by atoms with Crippen LogP contribution in [0.3, 0.4) is 0 Å². The van der Waals surface area contributed by atoms with E-state index in [1.165, 1.54) is 0 Å². The van der Waals surface area contributed by atoms with Gasteiger partial charge in [-0.15, -0.1) is 0 Å². The van der Waals surface area contributed by atoms with Crippen LogP contribution in [-0.2, 0) is 12.9 Å². The molecule has 0 saturated carbocycles. The zero-order valence-electron chi connectivity index (χ0n) is 9.23. The van der Waals surface area contributed by atoms with Crippen LogP contribution in [0.1, 0.15) is 13.8 Å². The Bertz CT molecular complexity index is 65.7. The van der Waals surface area contributed by atoms with Crippen LogP contribution in [0.25, 0.3) is 22.1 Å². The molecule has 2 N–H and O–H groups in total. The number of hydrogen-bond donors (Lipinski definition) is 0. The molecule has 0 aromatic carbocycles. The first-order chi connectivity index (χ1) is 7.24. The van der Waals surface area contributed by atoms with Crippen molar-refractivity contribution in [2.75, 3.05) is 39.3 Å². The van der Waals surface area contributed by atoms with E-state index in [1.54, 1.807) is 0 Å². The molecule has 4 nitrogen and oxygen atoms in total. The summed E-state index contributed by atoms with van der Waals surface area (Å²) in [5.41, 5.74) is 13.2. The second kappa shape index (κ2) is 29.4. The predicted octanol–water partition coefficient (Wildman–Crippen LogP) is 4.24. The Morgan fingerprint density at radius 1 is 0.933 bits per heavy atom. The number of likely N-dealkylation sites (N-methyl/N-ethyl adjacent to an activating group) is 2. The molecular weight excluding hydrogens is 282 g/mol. The molecule has 0 unspecified atom stereocenters. The number of nitrogens with zero attached hydrogens (tertiary/aromatic N) is 2. The van der Waals surface area contributed by atoms with E-state index >= 15 is 0 Å². The van der Waals surface area contributed by atoms with Crippen molar-refractivity contribution in [2.45, 2.75) is 13.8 Å². The Kier molecular flexibility index (Phi) is 41.6. The van der Waals surface area contributed by atoms with E-state index in [0.717, 1.165) is 13.1 Å². The van der Waals surface area contributed by atoms with Gasteiger partial charge in [-0.3, -0.25) is 0 Å². The van der Waals surface area contributed by atoms with Gasteiger partial charge in [-0.2, -0.15) is 39.3 Å². The molecule has 0 saturated heterocycles. The van der Waals surface area contributed by atoms with Gasteiger partial charge in [-0.05, 0) is 0 Å². The minimum absolute atomic E-state index is 0.382. The van der Waals surface area contributed by atoms with Crippen LogP contribution in [-0.4, -0.2) is 39.3 Å². The summed E-state index contributed by atoms with van der Waals surface area (Å²) >= 11 is 0.382. The van der Waals surface area contributed by atoms with Crippen LogP contribution in [0.15, 0.2) is 0 Å². The summed E-state index contributed by atoms with van der Waals surface area (Å²) < 4.78 is 0. The second-order valence-corrected chi connectivity index (χ2v) is 3.79. The molecule has 7 heteroatoms. The van der Waals surface area contributed by atoms with Crippen molar-refractivity contribution in [2.24, 2.45) is 0 Å². The molecule has 0 heterocycles. The first kappa shape index (κ1) is 21.2. The zero-order chi connectivity index (χ0) is 12.4. The van der Waals surface area contributed by atoms with Gasteiger partial charge in [0.05, 0.1) is 0 Å². The topological polar surface area (TPSA) is 75.8 Å². The SMILES string of the molecule is CC[N-]CC[NH-].CC[N-]CC[NH-].[Cl][Co+][Cl]. The first-order valence-corrected chi connectivity index (χ1v) is 7.50. The number of hydrogen-bond acceptors (Lipinski definition) is 0. The standard InChI is InChI=1S/2C4H10N2.2ClH.Co/c2*1-2-6-4-3-5;;;/h2*5H,2-4H2,1H3;2*1H;/q2*-2;;;+3/p-2. The van der Waals surface area contributed by atoms with E-state index in [1.807, 2.05) is 13.8 Å². The van der Waals surface area contributed by atoms with Gasteiger partial charge in [0, 0.05) is 0 Å². The zero-order valence-corrected chi connectivity index (χ0v) is 11.8. The van der Waals surface area contributed by atoms with Crippen molar-refractivity contribution >= 4 is 20.3 Å². The van der Waals surface area contributed by atoms with Gasteiger partial charge >= 0.3 is 33.2 Å². The van der Waals surface area contributed by atoms with Crippen LogP contribution < -0.4 is 0 Å². The van der Waals surface area contributed by atoms with Crippen LogP contribution in [0.2, 0.25) is 0 Å². The van der Waals surface area contributed by atoms with Gasteiger partial charge in [-0.25, -0.2) is 0 Å². The summed E-state index contributed by atoms with van der Waals surface area (Å²) in [4.78, 5) is 0. The van der Waals surface area contributed by atoms with Gasteiger partial charge in [0.1, 0.15) is 0 Å². The fraction of sp³-hybridized carbons (Fsp3) is 1.00. The third-order valence-corrected chi connectivity index (χ3v) is 0.987. The molecule has 0 fully saturated rings. The van der Waals surface area contributed by atoms with E-state index < -0.39 is 0 Å². The molecule has 0 bridgehead atoms. The van der Waals surface area contributed by atoms with Crippen molar-refractivity contribution < 1.29 is 12.9 Å². The number of halogens is 2. The van der Waals surface area contributed by atoms with E-state index in [0.29, 0.717) is 39.1 Å². The first-order valence-electron chi connectivity index (χ1n) is 4.64. The quantitative estimate of drug-likeness (QED) is 0.658. The predicted molar refractivity (Wildman–Crippen MR) is 67.6 cm³/mol. The molecule has 0 aliphatic heterocycles. The van der Waals surface area contributed by atoms with Crippen LogP contribution in [0.4, 0.5) is 0 Å². The summed E-state index contributed by atoms with van der Waals surface area (Å²) in [5, 5.41) is 7.81. The Balaban J connectivity index is -0.000000153. The molecular formula is C8H20Cl2CoN4-3. The van der Waals surface area contributed by atoms with E-state index in [9.17, 15) is 0 Å². The van der Waals surface area contributed by atoms with Gasteiger partial charge in [0.25, 0.3) is 0 Å². The fourth-order valence-corrected chi connectivity index (χ4v) is 0.474. The van der Waals surface area contributed by atoms with Crippen LogP contribution in [0, 0.1) is 0 Å². The number of nitrogens with one attached hydrogen (secondary N) is 2. The van der Waals surface area contributed by atoms with Gasteiger partial charge < -0.3 is 22.1 Å². The molecule has 0 atom stereocenters. The third-order valence-electron chi connectivity index (χ3n) is 0.987. The molecule has 0 aromatic heterocycles. The summed E-state index contributed by atoms with van der Waals surface area (Å²) in [6.07, 6.45) is 0. The maximum atomic E-state index is 6.61. The summed E-state index contributed by atoms with van der Waals surface area (Å²) in [6.45, 7) is 7.97. The minimum atomic E-state index is 0.382. The molecule has 0 rings (SSSR count). The molecule has 0 radical (unpaired) electrons. The van der Waals surface area contributed by atoms with Gasteiger partial charge in [0.2, 0.25) is 0 Å². The van der Waals surface area contributed by atoms with Crippen molar-refractivity contribution in [1.29, 1.82) is 0 Å². The average molecular weight is 302 g/mol. The van der Waals surface area contributed by atoms with E-state index in [-0.39, 0.29) is 0 Å². The molecule has 0 aliphatic rings. The molecule has 0 amide bonds. The Morgan fingerprint density at radius 3 is 1.27 bits per heavy atom. The molecule has 98 valence electrons. The maximum absolute atomic E-state index is 6.61. The van der Waals surface area contributed by atoms with E-state index in [4.69, 9.17) is 31.8 Å². The normalized spacial score (nSPS) is 8.67. The van der Waals surface area contributed by atoms with Crippen molar-refractivity contribution in [3.63, 3.8) is 0 Å². The Hall–Kier alpha value is 0.926. The van der Waals surface area contributed by atoms with Crippen LogP contribution in [0.5, 0.6) is 0 Å². The van der Waals surface area contributed by atoms with Crippen molar-refractivity contribution in [1.82, 2.24) is 0 Å². The van der Waals surface area contributed by atoms with Crippen LogP contribution >= 0.6 is 20.3 Å². The van der Waals surface area contributed by atoms with E-state index in [2.05, 4.69) is 10.6 Å². The third kappa shape index (κ3) is 52.0. The van der Waals surface area contributed by atoms with Gasteiger partial charge in [0.15, 0.2) is 0 Å². The molecule has 0 spiro atoms. The molecule has 15 heavy (non-hydrogen) atoms. The fourth-order valence-electron chi connectivity index (χ4n) is 0.474. The van der Waals surface area contributed by atoms with Crippen molar-refractivity contribution in [3.8, 4) is 0 Å². The molecule has 0 aromatic rings. The Morgan fingerprint density at radius 2 is 1.20 bits per heavy atom. The van der Waals surface area contributed by atoms with Crippen molar-refractivity contribution in [3.05, 3.63) is 22.1 Å². The average Bonchev–Trinajstić information content (AvgIpc) is 2.25. The number of rotatable bonds is 6. The Labute approximate surface area is 108 Å². The summed E-state index contributed by atoms with van der Waals surface area (Å²) in [5.74, 6) is 0. The summed E-state index contributed by atoms with van der Waals surface area (Å²) in [7, 11) is 9.47. The second-order valence-electron chi connectivity index (χ2n) is 2.07.